The van der Waals surface area contributed by atoms with Crippen LogP contribution >= 0.6 is 0 Å². The fourth-order valence-corrected chi connectivity index (χ4v) is 3.48. The van der Waals surface area contributed by atoms with E-state index < -0.39 is 0 Å². The molecule has 1 atom stereocenters. The molecule has 3 rings (SSSR count). The summed E-state index contributed by atoms with van der Waals surface area (Å²) in [5, 5.41) is 12.8. The molecule has 2 aromatic rings. The van der Waals surface area contributed by atoms with Gasteiger partial charge in [-0.1, -0.05) is 48.5 Å². The number of nitrogens with one attached hydrogen (secondary N) is 1. The lowest BCUT2D eigenvalue weighted by Crippen LogP contribution is -2.48. The average Bonchev–Trinajstić information content (AvgIpc) is 2.68. The standard InChI is InChI=1S/C23H29N3O/c1-25(2)22(16-18-10-5-4-6-11-18)20-17-19-12-7-8-13-21(19)26(3)23(20)24-14-9-15-27/h4-8,10-13,16-17,23-24,27H,9,14-15H2,1-3H3. The fraction of sp³-hybridized carbons (Fsp3) is 0.304. The van der Waals surface area contributed by atoms with Gasteiger partial charge in [0.25, 0.3) is 0 Å². The molecule has 2 N–H and O–H groups in total. The third kappa shape index (κ3) is 4.41. The Morgan fingerprint density at radius 1 is 1.11 bits per heavy atom. The highest BCUT2D eigenvalue weighted by atomic mass is 16.3. The van der Waals surface area contributed by atoms with Crippen LogP contribution in [0.4, 0.5) is 5.69 Å². The number of hydrogen-bond acceptors (Lipinski definition) is 4. The Kier molecular flexibility index (Phi) is 6.32. The van der Waals surface area contributed by atoms with Crippen molar-refractivity contribution in [3.63, 3.8) is 0 Å². The summed E-state index contributed by atoms with van der Waals surface area (Å²) in [4.78, 5) is 4.45. The molecule has 0 saturated carbocycles. The SMILES string of the molecule is CN(C)C(=Cc1ccccc1)C1=Cc2ccccc2N(C)C1NCCCO. The van der Waals surface area contributed by atoms with Crippen LogP contribution in [-0.4, -0.2) is 50.5 Å². The van der Waals surface area contributed by atoms with Gasteiger partial charge in [0.15, 0.2) is 0 Å². The molecular formula is C23H29N3O. The van der Waals surface area contributed by atoms with E-state index in [0.29, 0.717) is 0 Å². The van der Waals surface area contributed by atoms with Crippen LogP contribution in [0.5, 0.6) is 0 Å². The van der Waals surface area contributed by atoms with Crippen molar-refractivity contribution in [1.82, 2.24) is 10.2 Å². The number of benzene rings is 2. The lowest BCUT2D eigenvalue weighted by Gasteiger charge is -2.39. The number of para-hydroxylation sites is 1. The van der Waals surface area contributed by atoms with Crippen LogP contribution in [0.3, 0.4) is 0 Å². The minimum absolute atomic E-state index is 0.0452. The highest BCUT2D eigenvalue weighted by molar-refractivity contribution is 5.78. The summed E-state index contributed by atoms with van der Waals surface area (Å²) in [7, 11) is 6.29. The Hall–Kier alpha value is -2.56. The molecule has 2 aromatic carbocycles. The molecule has 1 aliphatic rings. The fourth-order valence-electron chi connectivity index (χ4n) is 3.48. The van der Waals surface area contributed by atoms with Crippen molar-refractivity contribution >= 4 is 17.8 Å². The van der Waals surface area contributed by atoms with E-state index >= 15 is 0 Å². The Bertz CT molecular complexity index is 811. The average molecular weight is 364 g/mol. The van der Waals surface area contributed by atoms with Crippen LogP contribution in [-0.2, 0) is 0 Å². The van der Waals surface area contributed by atoms with E-state index in [-0.39, 0.29) is 12.8 Å². The largest absolute Gasteiger partial charge is 0.396 e. The first-order valence-corrected chi connectivity index (χ1v) is 9.44. The quantitative estimate of drug-likeness (QED) is 0.740. The lowest BCUT2D eigenvalue weighted by molar-refractivity contribution is 0.284. The Labute approximate surface area is 162 Å². The van der Waals surface area contributed by atoms with E-state index in [4.69, 9.17) is 0 Å². The molecule has 0 spiro atoms. The van der Waals surface area contributed by atoms with E-state index in [1.807, 2.05) is 6.07 Å². The Balaban J connectivity index is 2.06. The zero-order valence-electron chi connectivity index (χ0n) is 16.4. The highest BCUT2D eigenvalue weighted by Crippen LogP contribution is 2.34. The minimum atomic E-state index is 0.0452. The monoisotopic (exact) mass is 363 g/mol. The van der Waals surface area contributed by atoms with Crippen LogP contribution in [0.25, 0.3) is 12.2 Å². The van der Waals surface area contributed by atoms with Crippen LogP contribution in [0.2, 0.25) is 0 Å². The molecule has 0 radical (unpaired) electrons. The van der Waals surface area contributed by atoms with Crippen LogP contribution < -0.4 is 10.2 Å². The smallest absolute Gasteiger partial charge is 0.107 e. The Morgan fingerprint density at radius 3 is 2.52 bits per heavy atom. The molecule has 0 amide bonds. The molecule has 0 aromatic heterocycles. The number of aliphatic hydroxyl groups is 1. The number of fused-ring (bicyclic) bond motifs is 1. The summed E-state index contributed by atoms with van der Waals surface area (Å²) in [5.41, 5.74) is 6.00. The van der Waals surface area contributed by atoms with Crippen molar-refractivity contribution in [3.05, 3.63) is 77.0 Å². The van der Waals surface area contributed by atoms with Gasteiger partial charge in [-0.15, -0.1) is 0 Å². The van der Waals surface area contributed by atoms with Gasteiger partial charge in [0.1, 0.15) is 6.17 Å². The molecule has 1 unspecified atom stereocenters. The van der Waals surface area contributed by atoms with E-state index in [0.717, 1.165) is 13.0 Å². The minimum Gasteiger partial charge on any atom is -0.396 e. The van der Waals surface area contributed by atoms with Crippen molar-refractivity contribution in [1.29, 1.82) is 0 Å². The summed E-state index contributed by atoms with van der Waals surface area (Å²) < 4.78 is 0. The number of aliphatic hydroxyl groups excluding tert-OH is 1. The summed E-state index contributed by atoms with van der Waals surface area (Å²) in [6.45, 7) is 0.955. The molecule has 27 heavy (non-hydrogen) atoms. The second-order valence-corrected chi connectivity index (χ2v) is 7.04. The van der Waals surface area contributed by atoms with E-state index in [1.165, 1.54) is 28.1 Å². The van der Waals surface area contributed by atoms with Crippen LogP contribution in [0.1, 0.15) is 17.5 Å². The third-order valence-corrected chi connectivity index (χ3v) is 4.86. The van der Waals surface area contributed by atoms with Gasteiger partial charge in [-0.05, 0) is 42.3 Å². The first-order valence-electron chi connectivity index (χ1n) is 9.44. The number of nitrogens with zero attached hydrogens (tertiary/aromatic N) is 2. The zero-order chi connectivity index (χ0) is 19.2. The van der Waals surface area contributed by atoms with E-state index in [1.54, 1.807) is 0 Å². The first kappa shape index (κ1) is 19.2. The van der Waals surface area contributed by atoms with E-state index in [2.05, 4.69) is 96.9 Å². The summed E-state index contributed by atoms with van der Waals surface area (Å²) in [5.74, 6) is 0. The molecule has 0 bridgehead atoms. The molecule has 1 heterocycles. The second-order valence-electron chi connectivity index (χ2n) is 7.04. The van der Waals surface area contributed by atoms with Crippen molar-refractivity contribution in [2.24, 2.45) is 0 Å². The summed E-state index contributed by atoms with van der Waals surface area (Å²) in [6, 6.07) is 18.9. The predicted molar refractivity (Wildman–Crippen MR) is 114 cm³/mol. The molecule has 0 aliphatic carbocycles. The first-order chi connectivity index (χ1) is 13.1. The maximum atomic E-state index is 9.19. The maximum absolute atomic E-state index is 9.19. The van der Waals surface area contributed by atoms with Gasteiger partial charge in [0.05, 0.1) is 0 Å². The van der Waals surface area contributed by atoms with E-state index in [9.17, 15) is 5.11 Å². The zero-order valence-corrected chi connectivity index (χ0v) is 16.4. The Morgan fingerprint density at radius 2 is 1.81 bits per heavy atom. The van der Waals surface area contributed by atoms with Gasteiger partial charge in [-0.2, -0.15) is 0 Å². The molecule has 4 nitrogen and oxygen atoms in total. The maximum Gasteiger partial charge on any atom is 0.107 e. The molecule has 4 heteroatoms. The van der Waals surface area contributed by atoms with Gasteiger partial charge in [0, 0.05) is 44.7 Å². The number of hydrogen-bond donors (Lipinski definition) is 2. The van der Waals surface area contributed by atoms with Gasteiger partial charge in [0.2, 0.25) is 0 Å². The molecular weight excluding hydrogens is 334 g/mol. The van der Waals surface area contributed by atoms with Crippen LogP contribution in [0, 0.1) is 0 Å². The molecule has 0 saturated heterocycles. The second kappa shape index (κ2) is 8.89. The lowest BCUT2D eigenvalue weighted by atomic mass is 9.96. The van der Waals surface area contributed by atoms with Crippen molar-refractivity contribution in [2.75, 3.05) is 39.2 Å². The summed E-state index contributed by atoms with van der Waals surface area (Å²) >= 11 is 0. The van der Waals surface area contributed by atoms with Gasteiger partial charge < -0.3 is 14.9 Å². The van der Waals surface area contributed by atoms with Gasteiger partial charge in [-0.25, -0.2) is 0 Å². The van der Waals surface area contributed by atoms with Gasteiger partial charge >= 0.3 is 0 Å². The number of likely N-dealkylation sites (N-methyl/N-ethyl adjacent to an activating group) is 2. The number of anilines is 1. The van der Waals surface area contributed by atoms with Crippen molar-refractivity contribution in [3.8, 4) is 0 Å². The van der Waals surface area contributed by atoms with Crippen molar-refractivity contribution < 1.29 is 5.11 Å². The summed E-state index contributed by atoms with van der Waals surface area (Å²) in [6.07, 6.45) is 5.29. The molecule has 142 valence electrons. The topological polar surface area (TPSA) is 38.7 Å². The third-order valence-electron chi connectivity index (χ3n) is 4.86. The molecule has 0 fully saturated rings. The normalized spacial score (nSPS) is 16.7. The molecule has 1 aliphatic heterocycles. The highest BCUT2D eigenvalue weighted by Gasteiger charge is 2.28. The van der Waals surface area contributed by atoms with Crippen LogP contribution in [0.15, 0.2) is 65.9 Å². The number of rotatable bonds is 7. The van der Waals surface area contributed by atoms with Crippen molar-refractivity contribution in [2.45, 2.75) is 12.6 Å². The predicted octanol–water partition coefficient (Wildman–Crippen LogP) is 3.42. The van der Waals surface area contributed by atoms with Gasteiger partial charge in [-0.3, -0.25) is 5.32 Å².